The average molecular weight is 360 g/mol. The molecule has 0 unspecified atom stereocenters. The van der Waals surface area contributed by atoms with Crippen LogP contribution in [0.2, 0.25) is 0 Å². The fourth-order valence-electron chi connectivity index (χ4n) is 2.60. The lowest BCUT2D eigenvalue weighted by Crippen LogP contribution is -1.96. The first-order valence-corrected chi connectivity index (χ1v) is 9.14. The number of imidazole rings is 1. The summed E-state index contributed by atoms with van der Waals surface area (Å²) in [6.07, 6.45) is 6.55. The van der Waals surface area contributed by atoms with E-state index < -0.39 is 0 Å². The van der Waals surface area contributed by atoms with E-state index in [0.717, 1.165) is 33.8 Å². The molecule has 1 aromatic carbocycles. The number of hydrogen-bond donors (Lipinski definition) is 1. The number of aromatic nitrogens is 4. The summed E-state index contributed by atoms with van der Waals surface area (Å²) in [5.74, 6) is 1.60. The first kappa shape index (κ1) is 18.6. The van der Waals surface area contributed by atoms with Crippen LogP contribution < -0.4 is 4.74 Å². The summed E-state index contributed by atoms with van der Waals surface area (Å²) >= 11 is 0. The van der Waals surface area contributed by atoms with Crippen LogP contribution in [0, 0.1) is 6.92 Å². The van der Waals surface area contributed by atoms with E-state index in [1.54, 1.807) is 12.4 Å². The van der Waals surface area contributed by atoms with E-state index in [1.807, 2.05) is 49.5 Å². The third kappa shape index (κ3) is 4.91. The van der Waals surface area contributed by atoms with Crippen LogP contribution in [0.3, 0.4) is 0 Å². The van der Waals surface area contributed by atoms with E-state index in [-0.39, 0.29) is 0 Å². The van der Waals surface area contributed by atoms with Crippen molar-refractivity contribution in [1.29, 1.82) is 0 Å². The molecule has 0 saturated heterocycles. The first-order valence-electron chi connectivity index (χ1n) is 9.14. The summed E-state index contributed by atoms with van der Waals surface area (Å²) in [7, 11) is 0. The molecule has 0 aliphatic carbocycles. The van der Waals surface area contributed by atoms with Crippen molar-refractivity contribution in [2.24, 2.45) is 0 Å². The van der Waals surface area contributed by atoms with Crippen LogP contribution in [0.4, 0.5) is 0 Å². The van der Waals surface area contributed by atoms with Gasteiger partial charge in [0.1, 0.15) is 18.2 Å². The molecule has 4 aromatic rings. The number of benzene rings is 1. The summed E-state index contributed by atoms with van der Waals surface area (Å²) in [5.41, 5.74) is 4.77. The Balaban J connectivity index is 0.000000659. The van der Waals surface area contributed by atoms with Gasteiger partial charge in [0.25, 0.3) is 0 Å². The molecule has 0 atom stereocenters. The van der Waals surface area contributed by atoms with E-state index in [4.69, 9.17) is 4.74 Å². The molecule has 138 valence electrons. The smallest absolute Gasteiger partial charge is 0.178 e. The Morgan fingerprint density at radius 3 is 2.59 bits per heavy atom. The van der Waals surface area contributed by atoms with Gasteiger partial charge in [-0.1, -0.05) is 26.3 Å². The number of H-pyrrole nitrogens is 1. The van der Waals surface area contributed by atoms with Crippen molar-refractivity contribution in [3.8, 4) is 17.1 Å². The van der Waals surface area contributed by atoms with E-state index in [9.17, 15) is 0 Å². The highest BCUT2D eigenvalue weighted by atomic mass is 16.5. The van der Waals surface area contributed by atoms with Gasteiger partial charge in [-0.05, 0) is 48.9 Å². The number of aromatic amines is 1. The van der Waals surface area contributed by atoms with Crippen molar-refractivity contribution in [2.75, 3.05) is 0 Å². The lowest BCUT2D eigenvalue weighted by Gasteiger charge is -2.09. The van der Waals surface area contributed by atoms with Crippen molar-refractivity contribution >= 4 is 11.2 Å². The van der Waals surface area contributed by atoms with Gasteiger partial charge in [0, 0.05) is 29.7 Å². The highest BCUT2D eigenvalue weighted by molar-refractivity contribution is 5.76. The minimum atomic E-state index is 0.485. The average Bonchev–Trinajstić information content (AvgIpc) is 3.12. The predicted octanol–water partition coefficient (Wildman–Crippen LogP) is 5.32. The van der Waals surface area contributed by atoms with Gasteiger partial charge in [-0.25, -0.2) is 9.97 Å². The van der Waals surface area contributed by atoms with Gasteiger partial charge in [0.2, 0.25) is 0 Å². The maximum atomic E-state index is 5.91. The molecule has 0 aliphatic heterocycles. The number of aryl methyl sites for hydroxylation is 1. The Hall–Kier alpha value is -3.21. The van der Waals surface area contributed by atoms with Crippen molar-refractivity contribution in [3.63, 3.8) is 0 Å². The number of nitrogens with one attached hydrogen (secondary N) is 1. The lowest BCUT2D eigenvalue weighted by molar-refractivity contribution is 0.305. The minimum absolute atomic E-state index is 0.485. The van der Waals surface area contributed by atoms with E-state index in [1.165, 1.54) is 6.42 Å². The van der Waals surface area contributed by atoms with Crippen molar-refractivity contribution < 1.29 is 4.74 Å². The number of ether oxygens (including phenoxy) is 1. The topological polar surface area (TPSA) is 63.7 Å². The molecule has 0 aliphatic rings. The zero-order valence-electron chi connectivity index (χ0n) is 15.9. The van der Waals surface area contributed by atoms with Crippen LogP contribution in [-0.4, -0.2) is 19.9 Å². The van der Waals surface area contributed by atoms with Crippen LogP contribution in [0.1, 0.15) is 31.4 Å². The molecule has 0 fully saturated rings. The summed E-state index contributed by atoms with van der Waals surface area (Å²) in [6.45, 7) is 6.78. The van der Waals surface area contributed by atoms with E-state index >= 15 is 0 Å². The SMILES string of the molecule is CCC.Cc1cc(OCc2cccnc2)cc(-c2nc3ncccc3[nH]2)c1. The first-order chi connectivity index (χ1) is 13.2. The lowest BCUT2D eigenvalue weighted by atomic mass is 10.1. The molecule has 3 heterocycles. The fourth-order valence-corrected chi connectivity index (χ4v) is 2.60. The molecule has 4 rings (SSSR count). The second kappa shape index (κ2) is 8.94. The van der Waals surface area contributed by atoms with Crippen molar-refractivity contribution in [3.05, 3.63) is 72.2 Å². The largest absolute Gasteiger partial charge is 0.489 e. The van der Waals surface area contributed by atoms with Crippen molar-refractivity contribution in [1.82, 2.24) is 19.9 Å². The number of hydrogen-bond acceptors (Lipinski definition) is 4. The number of pyridine rings is 2. The molecule has 5 nitrogen and oxygen atoms in total. The Bertz CT molecular complexity index is 963. The zero-order chi connectivity index (χ0) is 19.1. The van der Waals surface area contributed by atoms with E-state index in [2.05, 4.69) is 39.8 Å². The summed E-state index contributed by atoms with van der Waals surface area (Å²) in [6, 6.07) is 13.8. The Morgan fingerprint density at radius 2 is 1.85 bits per heavy atom. The predicted molar refractivity (Wildman–Crippen MR) is 109 cm³/mol. The van der Waals surface area contributed by atoms with Crippen LogP contribution in [-0.2, 0) is 6.61 Å². The molecule has 0 radical (unpaired) electrons. The van der Waals surface area contributed by atoms with Crippen LogP contribution in [0.25, 0.3) is 22.6 Å². The Labute approximate surface area is 159 Å². The summed E-state index contributed by atoms with van der Waals surface area (Å²) < 4.78 is 5.91. The van der Waals surface area contributed by atoms with Gasteiger partial charge in [-0.2, -0.15) is 0 Å². The van der Waals surface area contributed by atoms with Gasteiger partial charge in [-0.3, -0.25) is 4.98 Å². The van der Waals surface area contributed by atoms with Gasteiger partial charge < -0.3 is 9.72 Å². The monoisotopic (exact) mass is 360 g/mol. The molecule has 3 aromatic heterocycles. The summed E-state index contributed by atoms with van der Waals surface area (Å²) in [4.78, 5) is 16.2. The van der Waals surface area contributed by atoms with E-state index in [0.29, 0.717) is 12.3 Å². The van der Waals surface area contributed by atoms with Gasteiger partial charge in [-0.15, -0.1) is 0 Å². The molecule has 27 heavy (non-hydrogen) atoms. The third-order valence-corrected chi connectivity index (χ3v) is 3.71. The number of nitrogens with zero attached hydrogens (tertiary/aromatic N) is 3. The third-order valence-electron chi connectivity index (χ3n) is 3.71. The second-order valence-electron chi connectivity index (χ2n) is 6.35. The molecule has 0 bridgehead atoms. The van der Waals surface area contributed by atoms with Gasteiger partial charge in [0.15, 0.2) is 5.65 Å². The van der Waals surface area contributed by atoms with Crippen LogP contribution in [0.15, 0.2) is 61.1 Å². The van der Waals surface area contributed by atoms with Crippen LogP contribution >= 0.6 is 0 Å². The Kier molecular flexibility index (Phi) is 6.15. The normalized spacial score (nSPS) is 10.3. The van der Waals surface area contributed by atoms with Crippen molar-refractivity contribution in [2.45, 2.75) is 33.8 Å². The number of fused-ring (bicyclic) bond motifs is 1. The standard InChI is InChI=1S/C19H16N4O.C3H8/c1-13-8-15(18-22-17-5-3-7-21-19(17)23-18)10-16(9-13)24-12-14-4-2-6-20-11-14;1-3-2/h2-11H,12H2,1H3,(H,21,22,23);3H2,1-2H3. The fraction of sp³-hybridized carbons (Fsp3) is 0.227. The molecular formula is C22H24N4O. The quantitative estimate of drug-likeness (QED) is 0.535. The molecular weight excluding hydrogens is 336 g/mol. The Morgan fingerprint density at radius 1 is 1.04 bits per heavy atom. The highest BCUT2D eigenvalue weighted by Gasteiger charge is 2.08. The van der Waals surface area contributed by atoms with Gasteiger partial charge >= 0.3 is 0 Å². The summed E-state index contributed by atoms with van der Waals surface area (Å²) in [5, 5.41) is 0. The molecule has 0 saturated carbocycles. The second-order valence-corrected chi connectivity index (χ2v) is 6.35. The highest BCUT2D eigenvalue weighted by Crippen LogP contribution is 2.26. The maximum Gasteiger partial charge on any atom is 0.178 e. The zero-order valence-corrected chi connectivity index (χ0v) is 15.9. The van der Waals surface area contributed by atoms with Gasteiger partial charge in [0.05, 0.1) is 5.52 Å². The number of rotatable bonds is 4. The molecule has 0 amide bonds. The molecule has 0 spiro atoms. The molecule has 5 heteroatoms. The minimum Gasteiger partial charge on any atom is -0.489 e. The maximum absolute atomic E-state index is 5.91. The van der Waals surface area contributed by atoms with Crippen LogP contribution in [0.5, 0.6) is 5.75 Å². The molecule has 1 N–H and O–H groups in total.